The fraction of sp³-hybridized carbons (Fsp3) is 0.900. The first-order valence-electron chi connectivity index (χ1n) is 5.06. The average molecular weight is 203 g/mol. The summed E-state index contributed by atoms with van der Waals surface area (Å²) in [6, 6.07) is 0. The lowest BCUT2D eigenvalue weighted by Crippen LogP contribution is -2.17. The molecule has 0 saturated carbocycles. The van der Waals surface area contributed by atoms with E-state index in [9.17, 15) is 0 Å². The summed E-state index contributed by atoms with van der Waals surface area (Å²) in [5.74, 6) is 1.34. The molecule has 1 unspecified atom stereocenters. The monoisotopic (exact) mass is 203 g/mol. The molecule has 1 N–H and O–H groups in total. The predicted molar refractivity (Wildman–Crippen MR) is 61.7 cm³/mol. The highest BCUT2D eigenvalue weighted by Gasteiger charge is 2.13. The summed E-state index contributed by atoms with van der Waals surface area (Å²) >= 11 is 0. The van der Waals surface area contributed by atoms with E-state index in [1.54, 1.807) is 12.1 Å². The maximum atomic E-state index is 4.99. The lowest BCUT2D eigenvalue weighted by molar-refractivity contribution is 0.192. The van der Waals surface area contributed by atoms with E-state index < -0.39 is 0 Å². The van der Waals surface area contributed by atoms with Crippen LogP contribution in [0.2, 0.25) is 0 Å². The molecule has 1 aliphatic rings. The zero-order valence-corrected chi connectivity index (χ0v) is 9.58. The van der Waals surface area contributed by atoms with Crippen molar-refractivity contribution in [1.29, 1.82) is 0 Å². The van der Waals surface area contributed by atoms with Crippen LogP contribution >= 0.6 is 10.5 Å². The van der Waals surface area contributed by atoms with Crippen LogP contribution in [0.15, 0.2) is 0 Å². The Morgan fingerprint density at radius 1 is 1.31 bits per heavy atom. The normalized spacial score (nSPS) is 20.8. The second-order valence-electron chi connectivity index (χ2n) is 3.54. The van der Waals surface area contributed by atoms with Gasteiger partial charge in [0.05, 0.1) is 0 Å². The van der Waals surface area contributed by atoms with E-state index in [2.05, 4.69) is 11.6 Å². The number of rotatable bonds is 7. The third kappa shape index (κ3) is 5.45. The van der Waals surface area contributed by atoms with Crippen LogP contribution in [-0.4, -0.2) is 37.3 Å². The van der Waals surface area contributed by atoms with Crippen LogP contribution in [-0.2, 0) is 4.74 Å². The molecule has 0 spiro atoms. The highest BCUT2D eigenvalue weighted by Crippen LogP contribution is 2.23. The predicted octanol–water partition coefficient (Wildman–Crippen LogP) is 1.83. The molecular formula is C10H21NOS. The van der Waals surface area contributed by atoms with Crippen LogP contribution in [0.25, 0.3) is 0 Å². The number of ether oxygens (including phenoxy) is 1. The minimum absolute atomic E-state index is 0.626. The Kier molecular flexibility index (Phi) is 5.67. The fourth-order valence-electron chi connectivity index (χ4n) is 1.29. The van der Waals surface area contributed by atoms with Gasteiger partial charge in [-0.05, 0) is 19.1 Å². The maximum absolute atomic E-state index is 4.99. The molecule has 0 aromatic rings. The van der Waals surface area contributed by atoms with Crippen molar-refractivity contribution in [2.45, 2.75) is 25.7 Å². The molecule has 0 amide bonds. The Morgan fingerprint density at radius 3 is 2.62 bits per heavy atom. The zero-order valence-electron chi connectivity index (χ0n) is 8.77. The van der Waals surface area contributed by atoms with Gasteiger partial charge in [0.2, 0.25) is 0 Å². The van der Waals surface area contributed by atoms with E-state index in [-0.39, 0.29) is 0 Å². The van der Waals surface area contributed by atoms with E-state index in [0.29, 0.717) is 10.5 Å². The Labute approximate surface area is 84.0 Å². The summed E-state index contributed by atoms with van der Waals surface area (Å²) < 4.78 is 4.99. The first kappa shape index (κ1) is 11.2. The first-order chi connectivity index (χ1) is 6.34. The molecule has 0 fully saturated rings. The molecule has 0 aromatic carbocycles. The third-order valence-corrected chi connectivity index (χ3v) is 3.78. The van der Waals surface area contributed by atoms with Gasteiger partial charge in [0.1, 0.15) is 0 Å². The van der Waals surface area contributed by atoms with E-state index >= 15 is 0 Å². The van der Waals surface area contributed by atoms with E-state index in [0.717, 1.165) is 6.61 Å². The number of unbranched alkanes of at least 4 members (excludes halogenated alkanes) is 3. The molecule has 13 heavy (non-hydrogen) atoms. The zero-order chi connectivity index (χ0) is 9.52. The van der Waals surface area contributed by atoms with Crippen LogP contribution in [0.5, 0.6) is 0 Å². The molecule has 78 valence electrons. The molecule has 0 radical (unpaired) electrons. The minimum Gasteiger partial charge on any atom is -0.385 e. The SMILES string of the molecule is COCCCCCCNC1=S(C)C1. The third-order valence-electron chi connectivity index (χ3n) is 2.28. The molecule has 3 heteroatoms. The molecule has 2 nitrogen and oxygen atoms in total. The standard InChI is InChI=1S/C10H21NOS/c1-12-8-6-4-3-5-7-11-10-9-13(10)2/h11H,3-9H2,1-2H3. The maximum Gasteiger partial charge on any atom is 0.0462 e. The van der Waals surface area contributed by atoms with Gasteiger partial charge in [0.15, 0.2) is 0 Å². The molecule has 1 rings (SSSR count). The number of hydrogen-bond acceptors (Lipinski definition) is 2. The second kappa shape index (κ2) is 6.57. The van der Waals surface area contributed by atoms with Crippen LogP contribution in [0, 0.1) is 0 Å². The Hall–Kier alpha value is 0.140. The number of nitrogens with one attached hydrogen (secondary N) is 1. The quantitative estimate of drug-likeness (QED) is 0.503. The minimum atomic E-state index is 0.626. The van der Waals surface area contributed by atoms with Crippen molar-refractivity contribution in [2.24, 2.45) is 0 Å². The molecule has 0 saturated heterocycles. The van der Waals surface area contributed by atoms with Gasteiger partial charge in [0, 0.05) is 31.0 Å². The van der Waals surface area contributed by atoms with Crippen molar-refractivity contribution in [3.05, 3.63) is 0 Å². The molecule has 0 bridgehead atoms. The van der Waals surface area contributed by atoms with Crippen molar-refractivity contribution in [1.82, 2.24) is 5.32 Å². The van der Waals surface area contributed by atoms with Crippen LogP contribution in [0.1, 0.15) is 25.7 Å². The molecule has 1 heterocycles. The average Bonchev–Trinajstić information content (AvgIpc) is 2.81. The summed E-state index contributed by atoms with van der Waals surface area (Å²) in [6.07, 6.45) is 7.47. The summed E-state index contributed by atoms with van der Waals surface area (Å²) in [4.78, 5) is 1.59. The molecular weight excluding hydrogens is 182 g/mol. The van der Waals surface area contributed by atoms with Crippen molar-refractivity contribution >= 4 is 15.5 Å². The summed E-state index contributed by atoms with van der Waals surface area (Å²) in [5.41, 5.74) is 0. The number of methoxy groups -OCH3 is 1. The van der Waals surface area contributed by atoms with Gasteiger partial charge in [-0.2, -0.15) is 10.5 Å². The van der Waals surface area contributed by atoms with Crippen molar-refractivity contribution < 1.29 is 4.74 Å². The van der Waals surface area contributed by atoms with Gasteiger partial charge >= 0.3 is 0 Å². The lowest BCUT2D eigenvalue weighted by atomic mass is 10.2. The van der Waals surface area contributed by atoms with E-state index in [1.165, 1.54) is 38.0 Å². The van der Waals surface area contributed by atoms with Crippen molar-refractivity contribution in [3.8, 4) is 0 Å². The summed E-state index contributed by atoms with van der Waals surface area (Å²) in [6.45, 7) is 2.10. The van der Waals surface area contributed by atoms with Gasteiger partial charge in [-0.1, -0.05) is 12.8 Å². The number of hydrogen-bond donors (Lipinski definition) is 1. The molecule has 0 aromatic heterocycles. The lowest BCUT2D eigenvalue weighted by Gasteiger charge is -2.00. The smallest absolute Gasteiger partial charge is 0.0462 e. The Morgan fingerprint density at radius 2 is 2.00 bits per heavy atom. The van der Waals surface area contributed by atoms with Crippen molar-refractivity contribution in [2.75, 3.05) is 32.3 Å². The topological polar surface area (TPSA) is 21.3 Å². The van der Waals surface area contributed by atoms with Crippen LogP contribution in [0.3, 0.4) is 0 Å². The highest BCUT2D eigenvalue weighted by molar-refractivity contribution is 8.23. The van der Waals surface area contributed by atoms with Crippen LogP contribution < -0.4 is 5.32 Å². The Balaban J connectivity index is 1.74. The Bertz CT molecular complexity index is 180. The molecule has 0 aliphatic carbocycles. The van der Waals surface area contributed by atoms with E-state index in [1.807, 2.05) is 0 Å². The highest BCUT2D eigenvalue weighted by atomic mass is 32.2. The van der Waals surface area contributed by atoms with Gasteiger partial charge in [-0.25, -0.2) is 0 Å². The van der Waals surface area contributed by atoms with Crippen LogP contribution in [0.4, 0.5) is 0 Å². The summed E-state index contributed by atoms with van der Waals surface area (Å²) in [5, 5.41) is 3.50. The van der Waals surface area contributed by atoms with E-state index in [4.69, 9.17) is 4.74 Å². The first-order valence-corrected chi connectivity index (χ1v) is 6.86. The van der Waals surface area contributed by atoms with Gasteiger partial charge in [-0.3, -0.25) is 5.32 Å². The molecule has 1 atom stereocenters. The van der Waals surface area contributed by atoms with Gasteiger partial charge in [-0.15, -0.1) is 0 Å². The van der Waals surface area contributed by atoms with Gasteiger partial charge in [0.25, 0.3) is 0 Å². The fourth-order valence-corrected chi connectivity index (χ4v) is 2.43. The summed E-state index contributed by atoms with van der Waals surface area (Å²) in [7, 11) is 2.40. The van der Waals surface area contributed by atoms with Gasteiger partial charge < -0.3 is 4.74 Å². The van der Waals surface area contributed by atoms with Crippen molar-refractivity contribution in [3.63, 3.8) is 0 Å². The second-order valence-corrected chi connectivity index (χ2v) is 5.59. The molecule has 1 aliphatic heterocycles. The largest absolute Gasteiger partial charge is 0.385 e.